The van der Waals surface area contributed by atoms with Crippen molar-refractivity contribution >= 4 is 23.0 Å². The summed E-state index contributed by atoms with van der Waals surface area (Å²) in [7, 11) is 0. The van der Waals surface area contributed by atoms with E-state index in [-0.39, 0.29) is 0 Å². The highest BCUT2D eigenvalue weighted by Gasteiger charge is 2.32. The van der Waals surface area contributed by atoms with Gasteiger partial charge in [0, 0.05) is 17.3 Å². The number of benzene rings is 2. The molecule has 0 bridgehead atoms. The van der Waals surface area contributed by atoms with Crippen LogP contribution in [0.1, 0.15) is 37.3 Å². The van der Waals surface area contributed by atoms with Gasteiger partial charge in [-0.2, -0.15) is 0 Å². The molecule has 1 aliphatic carbocycles. The predicted octanol–water partition coefficient (Wildman–Crippen LogP) is 5.38. The zero-order chi connectivity index (χ0) is 17.3. The second kappa shape index (κ2) is 6.45. The lowest BCUT2D eigenvalue weighted by Crippen LogP contribution is -2.24. The molecule has 4 heteroatoms. The van der Waals surface area contributed by atoms with E-state index in [1.807, 2.05) is 12.3 Å². The van der Waals surface area contributed by atoms with Crippen LogP contribution in [-0.2, 0) is 0 Å². The first-order chi connectivity index (χ1) is 12.9. The number of hydrogen-bond donors (Lipinski definition) is 0. The van der Waals surface area contributed by atoms with Gasteiger partial charge >= 0.3 is 0 Å². The van der Waals surface area contributed by atoms with Gasteiger partial charge < -0.3 is 9.80 Å². The highest BCUT2D eigenvalue weighted by molar-refractivity contribution is 5.81. The zero-order valence-electron chi connectivity index (χ0n) is 14.8. The SMILES string of the molecule is c1ccc(N2CN(c3ccccc3)c3nc(C4CCCC4)cnc32)cc1. The molecule has 0 amide bonds. The quantitative estimate of drug-likeness (QED) is 0.639. The molecule has 0 radical (unpaired) electrons. The maximum Gasteiger partial charge on any atom is 0.178 e. The number of anilines is 4. The van der Waals surface area contributed by atoms with Crippen molar-refractivity contribution in [3.63, 3.8) is 0 Å². The Morgan fingerprint density at radius 1 is 0.731 bits per heavy atom. The third-order valence-corrected chi connectivity index (χ3v) is 5.46. The van der Waals surface area contributed by atoms with Crippen LogP contribution in [0.2, 0.25) is 0 Å². The van der Waals surface area contributed by atoms with Gasteiger partial charge in [-0.05, 0) is 37.1 Å². The van der Waals surface area contributed by atoms with E-state index >= 15 is 0 Å². The summed E-state index contributed by atoms with van der Waals surface area (Å²) in [6.45, 7) is 0.734. The molecule has 26 heavy (non-hydrogen) atoms. The molecule has 1 aliphatic heterocycles. The van der Waals surface area contributed by atoms with Crippen molar-refractivity contribution in [3.8, 4) is 0 Å². The van der Waals surface area contributed by atoms with Crippen LogP contribution in [-0.4, -0.2) is 16.6 Å². The molecule has 2 heterocycles. The second-order valence-electron chi connectivity index (χ2n) is 7.09. The largest absolute Gasteiger partial charge is 0.305 e. The monoisotopic (exact) mass is 342 g/mol. The second-order valence-corrected chi connectivity index (χ2v) is 7.09. The molecule has 1 saturated carbocycles. The smallest absolute Gasteiger partial charge is 0.178 e. The number of fused-ring (bicyclic) bond motifs is 1. The van der Waals surface area contributed by atoms with E-state index in [0.29, 0.717) is 5.92 Å². The predicted molar refractivity (Wildman–Crippen MR) is 105 cm³/mol. The van der Waals surface area contributed by atoms with Crippen molar-refractivity contribution in [1.29, 1.82) is 0 Å². The molecule has 5 rings (SSSR count). The van der Waals surface area contributed by atoms with E-state index in [9.17, 15) is 0 Å². The highest BCUT2D eigenvalue weighted by Crippen LogP contribution is 2.43. The molecule has 1 fully saturated rings. The molecule has 0 unspecified atom stereocenters. The van der Waals surface area contributed by atoms with Gasteiger partial charge in [-0.1, -0.05) is 49.2 Å². The van der Waals surface area contributed by atoms with Crippen molar-refractivity contribution in [1.82, 2.24) is 9.97 Å². The molecule has 1 aromatic heterocycles. The van der Waals surface area contributed by atoms with Crippen molar-refractivity contribution < 1.29 is 0 Å². The van der Waals surface area contributed by atoms with Crippen LogP contribution in [0.5, 0.6) is 0 Å². The van der Waals surface area contributed by atoms with E-state index in [1.54, 1.807) is 0 Å². The van der Waals surface area contributed by atoms with E-state index in [0.717, 1.165) is 35.4 Å². The van der Waals surface area contributed by atoms with Crippen molar-refractivity contribution in [2.75, 3.05) is 16.5 Å². The van der Waals surface area contributed by atoms with Crippen LogP contribution >= 0.6 is 0 Å². The van der Waals surface area contributed by atoms with Crippen molar-refractivity contribution in [2.45, 2.75) is 31.6 Å². The molecule has 2 aliphatic rings. The van der Waals surface area contributed by atoms with Gasteiger partial charge in [0.15, 0.2) is 11.6 Å². The Labute approximate surface area is 154 Å². The van der Waals surface area contributed by atoms with Crippen LogP contribution in [0.15, 0.2) is 66.9 Å². The molecule has 130 valence electrons. The maximum absolute atomic E-state index is 5.09. The van der Waals surface area contributed by atoms with Crippen molar-refractivity contribution in [3.05, 3.63) is 72.6 Å². The Morgan fingerprint density at radius 2 is 1.31 bits per heavy atom. The van der Waals surface area contributed by atoms with Crippen LogP contribution in [0.3, 0.4) is 0 Å². The molecule has 0 saturated heterocycles. The third-order valence-electron chi connectivity index (χ3n) is 5.46. The summed E-state index contributed by atoms with van der Waals surface area (Å²) in [5.74, 6) is 2.49. The molecule has 4 nitrogen and oxygen atoms in total. The molecule has 0 N–H and O–H groups in total. The Balaban J connectivity index is 1.60. The Hall–Kier alpha value is -2.88. The van der Waals surface area contributed by atoms with Gasteiger partial charge in [-0.3, -0.25) is 0 Å². The number of rotatable bonds is 3. The number of aromatic nitrogens is 2. The van der Waals surface area contributed by atoms with Crippen LogP contribution in [0.4, 0.5) is 23.0 Å². The lowest BCUT2D eigenvalue weighted by molar-refractivity contribution is 0.693. The lowest BCUT2D eigenvalue weighted by Gasteiger charge is -2.20. The number of para-hydroxylation sites is 2. The van der Waals surface area contributed by atoms with E-state index < -0.39 is 0 Å². The minimum Gasteiger partial charge on any atom is -0.305 e. The van der Waals surface area contributed by atoms with Gasteiger partial charge in [0.2, 0.25) is 0 Å². The zero-order valence-corrected chi connectivity index (χ0v) is 14.8. The Kier molecular flexibility index (Phi) is 3.81. The minimum absolute atomic E-state index is 0.566. The minimum atomic E-state index is 0.566. The van der Waals surface area contributed by atoms with Gasteiger partial charge in [-0.15, -0.1) is 0 Å². The first-order valence-electron chi connectivity index (χ1n) is 9.42. The Bertz CT molecular complexity index is 889. The topological polar surface area (TPSA) is 32.3 Å². The summed E-state index contributed by atoms with van der Waals surface area (Å²) in [5, 5.41) is 0. The molecule has 2 aromatic carbocycles. The van der Waals surface area contributed by atoms with Crippen LogP contribution in [0, 0.1) is 0 Å². The van der Waals surface area contributed by atoms with Gasteiger partial charge in [0.05, 0.1) is 11.9 Å². The molecule has 3 aromatic rings. The van der Waals surface area contributed by atoms with E-state index in [2.05, 4.69) is 64.4 Å². The first-order valence-corrected chi connectivity index (χ1v) is 9.42. The fraction of sp³-hybridized carbons (Fsp3) is 0.273. The first kappa shape index (κ1) is 15.4. The summed E-state index contributed by atoms with van der Waals surface area (Å²) in [5.41, 5.74) is 3.46. The maximum atomic E-state index is 5.09. The normalized spacial score (nSPS) is 16.9. The summed E-state index contributed by atoms with van der Waals surface area (Å²) in [4.78, 5) is 14.5. The van der Waals surface area contributed by atoms with E-state index in [1.165, 1.54) is 25.7 Å². The van der Waals surface area contributed by atoms with Gasteiger partial charge in [0.1, 0.15) is 6.67 Å². The molecule has 0 spiro atoms. The van der Waals surface area contributed by atoms with Crippen LogP contribution < -0.4 is 9.80 Å². The average molecular weight is 342 g/mol. The molecular weight excluding hydrogens is 320 g/mol. The fourth-order valence-corrected chi connectivity index (χ4v) is 4.08. The van der Waals surface area contributed by atoms with Gasteiger partial charge in [-0.25, -0.2) is 9.97 Å². The Morgan fingerprint density at radius 3 is 1.92 bits per heavy atom. The molecular formula is C22H22N4. The number of hydrogen-bond acceptors (Lipinski definition) is 4. The highest BCUT2D eigenvalue weighted by atomic mass is 15.4. The van der Waals surface area contributed by atoms with Crippen molar-refractivity contribution in [2.24, 2.45) is 0 Å². The fourth-order valence-electron chi connectivity index (χ4n) is 4.08. The lowest BCUT2D eigenvalue weighted by atomic mass is 10.1. The standard InChI is InChI=1S/C22H22N4/c1-3-11-18(12-4-1)25-16-26(19-13-5-2-6-14-19)22-21(25)23-15-20(24-22)17-9-7-8-10-17/h1-6,11-15,17H,7-10,16H2. The third kappa shape index (κ3) is 2.62. The summed E-state index contributed by atoms with van der Waals surface area (Å²) < 4.78 is 0. The summed E-state index contributed by atoms with van der Waals surface area (Å²) >= 11 is 0. The summed E-state index contributed by atoms with van der Waals surface area (Å²) in [6, 6.07) is 20.9. The van der Waals surface area contributed by atoms with Crippen LogP contribution in [0.25, 0.3) is 0 Å². The molecule has 0 atom stereocenters. The average Bonchev–Trinajstić information content (AvgIpc) is 3.37. The number of nitrogens with zero attached hydrogens (tertiary/aromatic N) is 4. The van der Waals surface area contributed by atoms with Gasteiger partial charge in [0.25, 0.3) is 0 Å². The van der Waals surface area contributed by atoms with E-state index in [4.69, 9.17) is 9.97 Å². The summed E-state index contributed by atoms with van der Waals surface area (Å²) in [6.07, 6.45) is 7.09.